The number of sulfonamides is 1. The van der Waals surface area contributed by atoms with E-state index in [1.54, 1.807) is 24.0 Å². The first-order chi connectivity index (χ1) is 11.3. The third-order valence-electron chi connectivity index (χ3n) is 4.64. The van der Waals surface area contributed by atoms with Crippen molar-refractivity contribution in [3.63, 3.8) is 0 Å². The normalized spacial score (nSPS) is 18.3. The van der Waals surface area contributed by atoms with Crippen LogP contribution in [0.4, 0.5) is 0 Å². The molecule has 1 heterocycles. The summed E-state index contributed by atoms with van der Waals surface area (Å²) in [5, 5.41) is 0. The van der Waals surface area contributed by atoms with Crippen molar-refractivity contribution in [1.82, 2.24) is 9.21 Å². The molecule has 1 amide bonds. The number of halogens is 1. The number of piperazine rings is 1. The molecule has 1 aliphatic rings. The van der Waals surface area contributed by atoms with Gasteiger partial charge in [0.25, 0.3) is 0 Å². The van der Waals surface area contributed by atoms with Crippen LogP contribution < -0.4 is 5.73 Å². The number of hydrogen-bond acceptors (Lipinski definition) is 4. The quantitative estimate of drug-likeness (QED) is 0.832. The monoisotopic (exact) mass is 389 g/mol. The summed E-state index contributed by atoms with van der Waals surface area (Å²) in [6.45, 7) is 7.23. The van der Waals surface area contributed by atoms with Gasteiger partial charge in [0.15, 0.2) is 0 Å². The highest BCUT2D eigenvalue weighted by Gasteiger charge is 2.30. The Morgan fingerprint density at radius 2 is 1.64 bits per heavy atom. The van der Waals surface area contributed by atoms with Gasteiger partial charge in [-0.1, -0.05) is 26.0 Å². The fourth-order valence-corrected chi connectivity index (χ4v) is 4.21. The molecular formula is C17H28ClN3O3S. The van der Waals surface area contributed by atoms with Crippen LogP contribution in [-0.2, 0) is 14.8 Å². The van der Waals surface area contributed by atoms with Gasteiger partial charge in [-0.25, -0.2) is 8.42 Å². The van der Waals surface area contributed by atoms with Crippen LogP contribution in [-0.4, -0.2) is 55.8 Å². The predicted molar refractivity (Wildman–Crippen MR) is 101 cm³/mol. The zero-order valence-corrected chi connectivity index (χ0v) is 16.6. The molecule has 1 saturated heterocycles. The molecule has 25 heavy (non-hydrogen) atoms. The number of benzene rings is 1. The van der Waals surface area contributed by atoms with Crippen molar-refractivity contribution >= 4 is 28.3 Å². The van der Waals surface area contributed by atoms with Crippen molar-refractivity contribution in [3.05, 3.63) is 29.8 Å². The number of hydrogen-bond donors (Lipinski definition) is 1. The molecule has 1 aromatic carbocycles. The number of rotatable bonds is 5. The Hall–Kier alpha value is -1.15. The molecule has 0 bridgehead atoms. The van der Waals surface area contributed by atoms with Gasteiger partial charge < -0.3 is 10.6 Å². The van der Waals surface area contributed by atoms with Crippen molar-refractivity contribution in [2.45, 2.75) is 44.0 Å². The van der Waals surface area contributed by atoms with E-state index in [2.05, 4.69) is 13.8 Å². The van der Waals surface area contributed by atoms with Gasteiger partial charge in [0.1, 0.15) is 0 Å². The Kier molecular flexibility index (Phi) is 7.87. The van der Waals surface area contributed by atoms with Gasteiger partial charge in [0.05, 0.1) is 10.9 Å². The highest BCUT2D eigenvalue weighted by molar-refractivity contribution is 7.89. The maximum Gasteiger partial charge on any atom is 0.243 e. The molecule has 0 radical (unpaired) electrons. The minimum atomic E-state index is -3.52. The molecule has 2 atom stereocenters. The molecule has 0 aromatic heterocycles. The van der Waals surface area contributed by atoms with E-state index < -0.39 is 16.1 Å². The summed E-state index contributed by atoms with van der Waals surface area (Å²) >= 11 is 0. The molecule has 1 aromatic rings. The maximum atomic E-state index is 12.7. The van der Waals surface area contributed by atoms with Crippen molar-refractivity contribution in [2.24, 2.45) is 5.73 Å². The number of nitrogens with zero attached hydrogens (tertiary/aromatic N) is 2. The van der Waals surface area contributed by atoms with E-state index in [-0.39, 0.29) is 18.3 Å². The highest BCUT2D eigenvalue weighted by atomic mass is 35.5. The molecule has 1 aliphatic heterocycles. The number of carbonyl (C=O) groups excluding carboxylic acids is 1. The summed E-state index contributed by atoms with van der Waals surface area (Å²) in [5.74, 6) is 0.277. The van der Waals surface area contributed by atoms with Gasteiger partial charge in [-0.05, 0) is 37.0 Å². The SMILES string of the molecule is CCC(C)c1ccc(S(=O)(=O)N2CCN(C(=O)C(C)N)CC2)cc1.Cl. The Bertz CT molecular complexity index is 669. The Labute approximate surface area is 156 Å². The third-order valence-corrected chi connectivity index (χ3v) is 6.55. The van der Waals surface area contributed by atoms with Crippen LogP contribution >= 0.6 is 12.4 Å². The van der Waals surface area contributed by atoms with E-state index in [4.69, 9.17) is 5.73 Å². The first-order valence-corrected chi connectivity index (χ1v) is 9.85. The first-order valence-electron chi connectivity index (χ1n) is 8.41. The van der Waals surface area contributed by atoms with Crippen LogP contribution in [0, 0.1) is 0 Å². The van der Waals surface area contributed by atoms with E-state index in [0.717, 1.165) is 12.0 Å². The molecule has 0 saturated carbocycles. The van der Waals surface area contributed by atoms with Gasteiger partial charge in [0, 0.05) is 26.2 Å². The van der Waals surface area contributed by atoms with Crippen LogP contribution in [0.2, 0.25) is 0 Å². The van der Waals surface area contributed by atoms with E-state index >= 15 is 0 Å². The van der Waals surface area contributed by atoms with Gasteiger partial charge >= 0.3 is 0 Å². The van der Waals surface area contributed by atoms with E-state index in [1.165, 1.54) is 4.31 Å². The molecule has 8 heteroatoms. The molecule has 142 valence electrons. The molecule has 0 spiro atoms. The van der Waals surface area contributed by atoms with Crippen molar-refractivity contribution in [2.75, 3.05) is 26.2 Å². The summed E-state index contributed by atoms with van der Waals surface area (Å²) in [4.78, 5) is 13.8. The smallest absolute Gasteiger partial charge is 0.243 e. The Morgan fingerprint density at radius 1 is 1.12 bits per heavy atom. The van der Waals surface area contributed by atoms with E-state index in [1.807, 2.05) is 12.1 Å². The second kappa shape index (κ2) is 8.98. The van der Waals surface area contributed by atoms with Crippen LogP contribution in [0.3, 0.4) is 0 Å². The van der Waals surface area contributed by atoms with E-state index in [9.17, 15) is 13.2 Å². The second-order valence-electron chi connectivity index (χ2n) is 6.40. The van der Waals surface area contributed by atoms with Crippen LogP contribution in [0.5, 0.6) is 0 Å². The molecule has 0 aliphatic carbocycles. The fraction of sp³-hybridized carbons (Fsp3) is 0.588. The molecule has 1 fully saturated rings. The second-order valence-corrected chi connectivity index (χ2v) is 8.33. The number of carbonyl (C=O) groups is 1. The molecule has 2 N–H and O–H groups in total. The molecule has 2 rings (SSSR count). The lowest BCUT2D eigenvalue weighted by molar-refractivity contribution is -0.133. The van der Waals surface area contributed by atoms with Crippen molar-refractivity contribution in [1.29, 1.82) is 0 Å². The van der Waals surface area contributed by atoms with Crippen molar-refractivity contribution in [3.8, 4) is 0 Å². The summed E-state index contributed by atoms with van der Waals surface area (Å²) in [6, 6.07) is 6.57. The minimum absolute atomic E-state index is 0. The van der Waals surface area contributed by atoms with Gasteiger partial charge in [-0.3, -0.25) is 4.79 Å². The first kappa shape index (κ1) is 21.9. The average Bonchev–Trinajstić information content (AvgIpc) is 2.60. The third kappa shape index (κ3) is 4.94. The summed E-state index contributed by atoms with van der Waals surface area (Å²) in [5.41, 5.74) is 6.75. The Balaban J connectivity index is 0.00000312. The highest BCUT2D eigenvalue weighted by Crippen LogP contribution is 2.23. The fourth-order valence-electron chi connectivity index (χ4n) is 2.79. The molecule has 6 nitrogen and oxygen atoms in total. The Morgan fingerprint density at radius 3 is 2.08 bits per heavy atom. The zero-order valence-electron chi connectivity index (χ0n) is 15.0. The predicted octanol–water partition coefficient (Wildman–Crippen LogP) is 1.80. The topological polar surface area (TPSA) is 83.7 Å². The van der Waals surface area contributed by atoms with E-state index in [0.29, 0.717) is 37.0 Å². The minimum Gasteiger partial charge on any atom is -0.339 e. The standard InChI is InChI=1S/C17H27N3O3S.ClH/c1-4-13(2)15-5-7-16(8-6-15)24(22,23)20-11-9-19(10-12-20)17(21)14(3)18;/h5-8,13-14H,4,9-12,18H2,1-3H3;1H. The van der Waals surface area contributed by atoms with Crippen LogP contribution in [0.25, 0.3) is 0 Å². The lowest BCUT2D eigenvalue weighted by atomic mass is 9.99. The summed E-state index contributed by atoms with van der Waals surface area (Å²) in [6.07, 6.45) is 1.02. The largest absolute Gasteiger partial charge is 0.339 e. The zero-order chi connectivity index (χ0) is 17.9. The van der Waals surface area contributed by atoms with Gasteiger partial charge in [-0.2, -0.15) is 4.31 Å². The van der Waals surface area contributed by atoms with Crippen molar-refractivity contribution < 1.29 is 13.2 Å². The lowest BCUT2D eigenvalue weighted by Gasteiger charge is -2.34. The number of nitrogens with two attached hydrogens (primary N) is 1. The lowest BCUT2D eigenvalue weighted by Crippen LogP contribution is -2.53. The van der Waals surface area contributed by atoms with Crippen LogP contribution in [0.15, 0.2) is 29.2 Å². The summed E-state index contributed by atoms with van der Waals surface area (Å²) in [7, 11) is -3.52. The summed E-state index contributed by atoms with van der Waals surface area (Å²) < 4.78 is 26.9. The molecule has 2 unspecified atom stereocenters. The molecular weight excluding hydrogens is 362 g/mol. The van der Waals surface area contributed by atoms with Gasteiger partial charge in [0.2, 0.25) is 15.9 Å². The number of amides is 1. The average molecular weight is 390 g/mol. The maximum absolute atomic E-state index is 12.7. The van der Waals surface area contributed by atoms with Gasteiger partial charge in [-0.15, -0.1) is 12.4 Å². The van der Waals surface area contributed by atoms with Crippen LogP contribution in [0.1, 0.15) is 38.7 Å².